The SMILES string of the molecule is Cc1ccc(NC(=O)COCC(=O)NCc2ccc3c(c2)OCO3)cc1. The zero-order chi connectivity index (χ0) is 18.4. The Labute approximate surface area is 151 Å². The molecule has 0 saturated heterocycles. The average Bonchev–Trinajstić information content (AvgIpc) is 3.10. The lowest BCUT2D eigenvalue weighted by molar-refractivity contribution is -0.128. The number of hydrogen-bond acceptors (Lipinski definition) is 5. The van der Waals surface area contributed by atoms with Gasteiger partial charge >= 0.3 is 0 Å². The summed E-state index contributed by atoms with van der Waals surface area (Å²) in [6.45, 7) is 2.14. The predicted molar refractivity (Wildman–Crippen MR) is 95.0 cm³/mol. The first-order valence-corrected chi connectivity index (χ1v) is 8.19. The number of ether oxygens (including phenoxy) is 3. The molecule has 7 nitrogen and oxygen atoms in total. The molecule has 2 aromatic rings. The third kappa shape index (κ3) is 4.97. The molecule has 0 fully saturated rings. The molecule has 0 atom stereocenters. The lowest BCUT2D eigenvalue weighted by Crippen LogP contribution is -2.29. The average molecular weight is 356 g/mol. The second kappa shape index (κ2) is 8.35. The van der Waals surface area contributed by atoms with Gasteiger partial charge in [-0.2, -0.15) is 0 Å². The monoisotopic (exact) mass is 356 g/mol. The lowest BCUT2D eigenvalue weighted by atomic mass is 10.2. The van der Waals surface area contributed by atoms with E-state index in [4.69, 9.17) is 14.2 Å². The minimum atomic E-state index is -0.308. The number of hydrogen-bond donors (Lipinski definition) is 2. The Balaban J connectivity index is 1.35. The first-order valence-electron chi connectivity index (χ1n) is 8.19. The number of benzene rings is 2. The third-order valence-corrected chi connectivity index (χ3v) is 3.73. The number of amides is 2. The van der Waals surface area contributed by atoms with Gasteiger partial charge in [0.15, 0.2) is 11.5 Å². The summed E-state index contributed by atoms with van der Waals surface area (Å²) in [5.41, 5.74) is 2.69. The maximum absolute atomic E-state index is 11.8. The molecule has 7 heteroatoms. The van der Waals surface area contributed by atoms with Gasteiger partial charge in [-0.05, 0) is 36.8 Å². The Morgan fingerprint density at radius 1 is 1.00 bits per heavy atom. The van der Waals surface area contributed by atoms with E-state index < -0.39 is 0 Å². The van der Waals surface area contributed by atoms with Crippen molar-refractivity contribution in [1.29, 1.82) is 0 Å². The van der Waals surface area contributed by atoms with Crippen LogP contribution in [0, 0.1) is 6.92 Å². The molecule has 0 saturated carbocycles. The zero-order valence-electron chi connectivity index (χ0n) is 14.4. The molecule has 0 radical (unpaired) electrons. The molecule has 2 aromatic carbocycles. The predicted octanol–water partition coefficient (Wildman–Crippen LogP) is 2.00. The summed E-state index contributed by atoms with van der Waals surface area (Å²) in [7, 11) is 0. The maximum atomic E-state index is 11.8. The number of rotatable bonds is 7. The number of aryl methyl sites for hydroxylation is 1. The maximum Gasteiger partial charge on any atom is 0.250 e. The fourth-order valence-corrected chi connectivity index (χ4v) is 2.37. The second-order valence-electron chi connectivity index (χ2n) is 5.87. The van der Waals surface area contributed by atoms with Crippen molar-refractivity contribution < 1.29 is 23.8 Å². The highest BCUT2D eigenvalue weighted by Crippen LogP contribution is 2.32. The van der Waals surface area contributed by atoms with Gasteiger partial charge in [-0.25, -0.2) is 0 Å². The molecule has 1 aliphatic rings. The number of carbonyl (C=O) groups is 2. The van der Waals surface area contributed by atoms with Crippen molar-refractivity contribution in [2.75, 3.05) is 25.3 Å². The van der Waals surface area contributed by atoms with Gasteiger partial charge in [0.2, 0.25) is 18.6 Å². The number of anilines is 1. The minimum Gasteiger partial charge on any atom is -0.454 e. The third-order valence-electron chi connectivity index (χ3n) is 3.73. The number of nitrogens with one attached hydrogen (secondary N) is 2. The Bertz CT molecular complexity index is 789. The van der Waals surface area contributed by atoms with Gasteiger partial charge in [0.25, 0.3) is 0 Å². The van der Waals surface area contributed by atoms with Crippen molar-refractivity contribution >= 4 is 17.5 Å². The van der Waals surface area contributed by atoms with Crippen LogP contribution in [0.15, 0.2) is 42.5 Å². The Hall–Kier alpha value is -3.06. The summed E-state index contributed by atoms with van der Waals surface area (Å²) < 4.78 is 15.7. The van der Waals surface area contributed by atoms with E-state index in [2.05, 4.69) is 10.6 Å². The van der Waals surface area contributed by atoms with Crippen LogP contribution in [0.4, 0.5) is 5.69 Å². The highest BCUT2D eigenvalue weighted by atomic mass is 16.7. The molecule has 0 bridgehead atoms. The molecule has 0 aromatic heterocycles. The summed E-state index contributed by atoms with van der Waals surface area (Å²) >= 11 is 0. The van der Waals surface area contributed by atoms with Gasteiger partial charge in [0, 0.05) is 12.2 Å². The first-order chi connectivity index (χ1) is 12.6. The van der Waals surface area contributed by atoms with Crippen LogP contribution in [0.5, 0.6) is 11.5 Å². The fraction of sp³-hybridized carbons (Fsp3) is 0.263. The van der Waals surface area contributed by atoms with Crippen LogP contribution in [-0.2, 0) is 20.9 Å². The summed E-state index contributed by atoms with van der Waals surface area (Å²) in [5, 5.41) is 5.43. The summed E-state index contributed by atoms with van der Waals surface area (Å²) in [6, 6.07) is 12.9. The van der Waals surface area contributed by atoms with E-state index in [0.29, 0.717) is 23.7 Å². The van der Waals surface area contributed by atoms with Crippen molar-refractivity contribution in [2.24, 2.45) is 0 Å². The lowest BCUT2D eigenvalue weighted by Gasteiger charge is -2.08. The van der Waals surface area contributed by atoms with Crippen LogP contribution in [-0.4, -0.2) is 31.8 Å². The molecule has 0 aliphatic carbocycles. The van der Waals surface area contributed by atoms with Crippen LogP contribution >= 0.6 is 0 Å². The van der Waals surface area contributed by atoms with Crippen molar-refractivity contribution in [1.82, 2.24) is 5.32 Å². The van der Waals surface area contributed by atoms with Crippen molar-refractivity contribution in [3.63, 3.8) is 0 Å². The molecule has 136 valence electrons. The van der Waals surface area contributed by atoms with E-state index in [1.807, 2.05) is 43.3 Å². The minimum absolute atomic E-state index is 0.189. The number of fused-ring (bicyclic) bond motifs is 1. The smallest absolute Gasteiger partial charge is 0.250 e. The van der Waals surface area contributed by atoms with Gasteiger partial charge in [-0.1, -0.05) is 23.8 Å². The van der Waals surface area contributed by atoms with E-state index >= 15 is 0 Å². The van der Waals surface area contributed by atoms with Crippen molar-refractivity contribution in [3.8, 4) is 11.5 Å². The zero-order valence-corrected chi connectivity index (χ0v) is 14.4. The largest absolute Gasteiger partial charge is 0.454 e. The molecule has 1 aliphatic heterocycles. The van der Waals surface area contributed by atoms with Crippen LogP contribution in [0.2, 0.25) is 0 Å². The highest BCUT2D eigenvalue weighted by molar-refractivity contribution is 5.91. The topological polar surface area (TPSA) is 85.9 Å². The van der Waals surface area contributed by atoms with Gasteiger partial charge < -0.3 is 24.8 Å². The molecule has 2 N–H and O–H groups in total. The van der Waals surface area contributed by atoms with Crippen LogP contribution < -0.4 is 20.1 Å². The van der Waals surface area contributed by atoms with Crippen LogP contribution in [0.25, 0.3) is 0 Å². The normalized spacial score (nSPS) is 11.9. The van der Waals surface area contributed by atoms with Crippen molar-refractivity contribution in [2.45, 2.75) is 13.5 Å². The van der Waals surface area contributed by atoms with Crippen LogP contribution in [0.3, 0.4) is 0 Å². The molecule has 0 unspecified atom stereocenters. The first kappa shape index (κ1) is 17.8. The fourth-order valence-electron chi connectivity index (χ4n) is 2.37. The Kier molecular flexibility index (Phi) is 5.70. The molecular weight excluding hydrogens is 336 g/mol. The van der Waals surface area contributed by atoms with E-state index in [-0.39, 0.29) is 31.8 Å². The second-order valence-corrected chi connectivity index (χ2v) is 5.87. The Morgan fingerprint density at radius 2 is 1.73 bits per heavy atom. The van der Waals surface area contributed by atoms with Gasteiger partial charge in [0.05, 0.1) is 0 Å². The van der Waals surface area contributed by atoms with Gasteiger partial charge in [0.1, 0.15) is 13.2 Å². The summed E-state index contributed by atoms with van der Waals surface area (Å²) in [4.78, 5) is 23.6. The standard InChI is InChI=1S/C19H20N2O5/c1-13-2-5-15(6-3-13)21-19(23)11-24-10-18(22)20-9-14-4-7-16-17(8-14)26-12-25-16/h2-8H,9-12H2,1H3,(H,20,22)(H,21,23). The Morgan fingerprint density at radius 3 is 2.54 bits per heavy atom. The molecule has 26 heavy (non-hydrogen) atoms. The molecule has 3 rings (SSSR count). The number of carbonyl (C=O) groups excluding carboxylic acids is 2. The molecular formula is C19H20N2O5. The van der Waals surface area contributed by atoms with Crippen LogP contribution in [0.1, 0.15) is 11.1 Å². The summed E-state index contributed by atoms with van der Waals surface area (Å²) in [5.74, 6) is 0.756. The van der Waals surface area contributed by atoms with Gasteiger partial charge in [-0.15, -0.1) is 0 Å². The summed E-state index contributed by atoms with van der Waals surface area (Å²) in [6.07, 6.45) is 0. The van der Waals surface area contributed by atoms with E-state index in [1.54, 1.807) is 6.07 Å². The molecule has 2 amide bonds. The van der Waals surface area contributed by atoms with E-state index in [1.165, 1.54) is 0 Å². The van der Waals surface area contributed by atoms with E-state index in [9.17, 15) is 9.59 Å². The van der Waals surface area contributed by atoms with E-state index in [0.717, 1.165) is 11.1 Å². The van der Waals surface area contributed by atoms with Crippen molar-refractivity contribution in [3.05, 3.63) is 53.6 Å². The molecule has 1 heterocycles. The highest BCUT2D eigenvalue weighted by Gasteiger charge is 2.13. The molecule has 0 spiro atoms. The quantitative estimate of drug-likeness (QED) is 0.792. The van der Waals surface area contributed by atoms with Gasteiger partial charge in [-0.3, -0.25) is 9.59 Å².